The second-order valence-corrected chi connectivity index (χ2v) is 7.94. The Morgan fingerprint density at radius 1 is 0.731 bits per heavy atom. The molecule has 2 aliphatic rings. The quantitative estimate of drug-likeness (QED) is 0.524. The molecule has 26 heavy (non-hydrogen) atoms. The Balaban J connectivity index is 1.62. The lowest BCUT2D eigenvalue weighted by atomic mass is 9.78. The van der Waals surface area contributed by atoms with Crippen molar-refractivity contribution < 1.29 is 4.79 Å². The zero-order valence-corrected chi connectivity index (χ0v) is 15.1. The van der Waals surface area contributed by atoms with Crippen molar-refractivity contribution in [3.05, 3.63) is 71.8 Å². The molecule has 0 amide bonds. The summed E-state index contributed by atoms with van der Waals surface area (Å²) in [7, 11) is 0. The highest BCUT2D eigenvalue weighted by atomic mass is 16.1. The Morgan fingerprint density at radius 3 is 2.35 bits per heavy atom. The molecule has 1 fully saturated rings. The monoisotopic (exact) mass is 340 g/mol. The summed E-state index contributed by atoms with van der Waals surface area (Å²) in [5.74, 6) is 1.20. The summed E-state index contributed by atoms with van der Waals surface area (Å²) in [6, 6.07) is 21.3. The van der Waals surface area contributed by atoms with Crippen molar-refractivity contribution >= 4 is 16.6 Å². The summed E-state index contributed by atoms with van der Waals surface area (Å²) in [5.41, 5.74) is 4.58. The van der Waals surface area contributed by atoms with Crippen molar-refractivity contribution in [1.29, 1.82) is 0 Å². The molecule has 0 radical (unpaired) electrons. The molecule has 3 aromatic rings. The molecule has 0 N–H and O–H groups in total. The number of benzene rings is 3. The van der Waals surface area contributed by atoms with Crippen LogP contribution in [0.4, 0.5) is 0 Å². The van der Waals surface area contributed by atoms with E-state index in [4.69, 9.17) is 0 Å². The predicted octanol–water partition coefficient (Wildman–Crippen LogP) is 6.44. The second-order valence-electron chi connectivity index (χ2n) is 7.94. The molecule has 2 aliphatic carbocycles. The van der Waals surface area contributed by atoms with Gasteiger partial charge in [0.05, 0.1) is 0 Å². The van der Waals surface area contributed by atoms with Gasteiger partial charge in [-0.05, 0) is 52.6 Å². The number of carbonyl (C=O) groups excluding carboxylic acids is 1. The van der Waals surface area contributed by atoms with Crippen molar-refractivity contribution in [3.63, 3.8) is 0 Å². The first-order chi connectivity index (χ1) is 12.8. The topological polar surface area (TPSA) is 17.1 Å². The van der Waals surface area contributed by atoms with Gasteiger partial charge >= 0.3 is 0 Å². The Hall–Kier alpha value is -2.41. The zero-order chi connectivity index (χ0) is 17.5. The van der Waals surface area contributed by atoms with Gasteiger partial charge in [0, 0.05) is 11.5 Å². The van der Waals surface area contributed by atoms with Crippen LogP contribution in [0.3, 0.4) is 0 Å². The number of hydrogen-bond donors (Lipinski definition) is 0. The van der Waals surface area contributed by atoms with E-state index in [1.807, 2.05) is 0 Å². The Morgan fingerprint density at radius 2 is 1.46 bits per heavy atom. The van der Waals surface area contributed by atoms with Crippen LogP contribution in [-0.2, 0) is 6.42 Å². The van der Waals surface area contributed by atoms with Crippen molar-refractivity contribution in [3.8, 4) is 11.1 Å². The molecule has 0 aromatic heterocycles. The van der Waals surface area contributed by atoms with E-state index in [1.165, 1.54) is 54.0 Å². The minimum absolute atomic E-state index is 0.210. The first kappa shape index (κ1) is 15.8. The van der Waals surface area contributed by atoms with E-state index in [2.05, 4.69) is 60.7 Å². The fourth-order valence-electron chi connectivity index (χ4n) is 5.18. The van der Waals surface area contributed by atoms with Gasteiger partial charge in [0.1, 0.15) is 0 Å². The maximum atomic E-state index is 13.4. The van der Waals surface area contributed by atoms with Crippen LogP contribution >= 0.6 is 0 Å². The van der Waals surface area contributed by atoms with Crippen molar-refractivity contribution in [2.45, 2.75) is 38.5 Å². The third kappa shape index (κ3) is 2.49. The fraction of sp³-hybridized carbons (Fsp3) is 0.320. The van der Waals surface area contributed by atoms with Crippen molar-refractivity contribution in [2.75, 3.05) is 0 Å². The van der Waals surface area contributed by atoms with Crippen LogP contribution in [-0.4, -0.2) is 5.78 Å². The standard InChI is InChI=1S/C25H24O/c26-25-23(18-8-2-1-3-9-18)16-19-12-7-15-22(24(19)25)21-14-6-11-17-10-4-5-13-20(17)21/h4-7,10-15,18,23H,1-3,8-9,16H2. The molecule has 5 rings (SSSR count). The van der Waals surface area contributed by atoms with Gasteiger partial charge in [-0.2, -0.15) is 0 Å². The van der Waals surface area contributed by atoms with Crippen LogP contribution in [0.1, 0.15) is 48.0 Å². The van der Waals surface area contributed by atoms with Gasteiger partial charge in [-0.15, -0.1) is 0 Å². The lowest BCUT2D eigenvalue weighted by Crippen LogP contribution is -2.23. The van der Waals surface area contributed by atoms with Gasteiger partial charge in [-0.25, -0.2) is 0 Å². The number of Topliss-reactive ketones (excluding diaryl/α,β-unsaturated/α-hetero) is 1. The van der Waals surface area contributed by atoms with Gasteiger partial charge in [0.25, 0.3) is 0 Å². The molecule has 1 heteroatoms. The van der Waals surface area contributed by atoms with E-state index in [9.17, 15) is 4.79 Å². The molecule has 3 aromatic carbocycles. The van der Waals surface area contributed by atoms with E-state index in [0.29, 0.717) is 11.7 Å². The maximum Gasteiger partial charge on any atom is 0.167 e. The largest absolute Gasteiger partial charge is 0.294 e. The molecule has 0 spiro atoms. The average molecular weight is 340 g/mol. The van der Waals surface area contributed by atoms with Crippen LogP contribution in [0, 0.1) is 11.8 Å². The third-order valence-corrected chi connectivity index (χ3v) is 6.47. The molecule has 1 unspecified atom stereocenters. The molecular weight excluding hydrogens is 316 g/mol. The Bertz CT molecular complexity index is 973. The molecule has 0 saturated heterocycles. The highest BCUT2D eigenvalue weighted by Gasteiger charge is 2.38. The molecule has 0 aliphatic heterocycles. The van der Waals surface area contributed by atoms with E-state index >= 15 is 0 Å². The molecule has 0 bridgehead atoms. The smallest absolute Gasteiger partial charge is 0.167 e. The second kappa shape index (κ2) is 6.39. The van der Waals surface area contributed by atoms with Crippen LogP contribution in [0.25, 0.3) is 21.9 Å². The normalized spacial score (nSPS) is 20.5. The predicted molar refractivity (Wildman–Crippen MR) is 107 cm³/mol. The van der Waals surface area contributed by atoms with Gasteiger partial charge < -0.3 is 0 Å². The fourth-order valence-corrected chi connectivity index (χ4v) is 5.18. The van der Waals surface area contributed by atoms with Gasteiger partial charge in [-0.3, -0.25) is 4.79 Å². The maximum absolute atomic E-state index is 13.4. The molecule has 130 valence electrons. The summed E-state index contributed by atoms with van der Waals surface area (Å²) in [6.45, 7) is 0. The summed E-state index contributed by atoms with van der Waals surface area (Å²) in [5, 5.41) is 2.47. The minimum atomic E-state index is 0.210. The number of hydrogen-bond acceptors (Lipinski definition) is 1. The molecule has 1 nitrogen and oxygen atoms in total. The molecule has 0 heterocycles. The van der Waals surface area contributed by atoms with E-state index < -0.39 is 0 Å². The minimum Gasteiger partial charge on any atom is -0.294 e. The van der Waals surface area contributed by atoms with Crippen LogP contribution in [0.5, 0.6) is 0 Å². The Kier molecular flexibility index (Phi) is 3.89. The van der Waals surface area contributed by atoms with Crippen LogP contribution in [0.2, 0.25) is 0 Å². The summed E-state index contributed by atoms with van der Waals surface area (Å²) < 4.78 is 0. The SMILES string of the molecule is O=C1c2c(cccc2-c2cccc3ccccc23)CC1C1CCCCC1. The third-order valence-electron chi connectivity index (χ3n) is 6.47. The summed E-state index contributed by atoms with van der Waals surface area (Å²) >= 11 is 0. The lowest BCUT2D eigenvalue weighted by Gasteiger charge is -2.26. The zero-order valence-electron chi connectivity index (χ0n) is 15.1. The van der Waals surface area contributed by atoms with Crippen molar-refractivity contribution in [2.24, 2.45) is 11.8 Å². The molecular formula is C25H24O. The van der Waals surface area contributed by atoms with E-state index in [0.717, 1.165) is 17.5 Å². The number of carbonyl (C=O) groups is 1. The lowest BCUT2D eigenvalue weighted by molar-refractivity contribution is 0.0869. The first-order valence-electron chi connectivity index (χ1n) is 9.97. The first-order valence-corrected chi connectivity index (χ1v) is 9.97. The van der Waals surface area contributed by atoms with Crippen LogP contribution < -0.4 is 0 Å². The highest BCUT2D eigenvalue weighted by Crippen LogP contribution is 2.42. The Labute approximate surface area is 155 Å². The van der Waals surface area contributed by atoms with E-state index in [1.54, 1.807) is 0 Å². The van der Waals surface area contributed by atoms with Gasteiger partial charge in [-0.1, -0.05) is 79.9 Å². The average Bonchev–Trinajstić information content (AvgIpc) is 3.05. The molecule has 1 atom stereocenters. The van der Waals surface area contributed by atoms with Gasteiger partial charge in [0.2, 0.25) is 0 Å². The number of rotatable bonds is 2. The van der Waals surface area contributed by atoms with E-state index in [-0.39, 0.29) is 5.92 Å². The van der Waals surface area contributed by atoms with Crippen LogP contribution in [0.15, 0.2) is 60.7 Å². The highest BCUT2D eigenvalue weighted by molar-refractivity contribution is 6.10. The van der Waals surface area contributed by atoms with Crippen molar-refractivity contribution in [1.82, 2.24) is 0 Å². The van der Waals surface area contributed by atoms with Gasteiger partial charge in [0.15, 0.2) is 5.78 Å². The number of ketones is 1. The summed E-state index contributed by atoms with van der Waals surface area (Å²) in [6.07, 6.45) is 7.33. The molecule has 1 saturated carbocycles. The number of fused-ring (bicyclic) bond motifs is 2. The summed E-state index contributed by atoms with van der Waals surface area (Å²) in [4.78, 5) is 13.4.